The van der Waals surface area contributed by atoms with Gasteiger partial charge in [0.05, 0.1) is 0 Å². The van der Waals surface area contributed by atoms with Gasteiger partial charge < -0.3 is 0 Å². The molecule has 3 heteroatoms. The summed E-state index contributed by atoms with van der Waals surface area (Å²) in [4.78, 5) is 0. The average Bonchev–Trinajstić information content (AvgIpc) is 2.69. The van der Waals surface area contributed by atoms with Crippen LogP contribution in [-0.2, 0) is 12.3 Å². The standard InChI is InChI=1S/C24H29F3/c1-3-4-18-7-11-21(12-8-18)23(25)24(26,27)22-15-13-20(14-16-22)19-9-5-17(2)6-10-19/h7-8,11-17,19,23H,3-6,9-10H2,1-2H3. The molecule has 0 aliphatic heterocycles. The van der Waals surface area contributed by atoms with Crippen molar-refractivity contribution in [2.75, 3.05) is 0 Å². The van der Waals surface area contributed by atoms with E-state index >= 15 is 0 Å². The van der Waals surface area contributed by atoms with E-state index in [1.165, 1.54) is 37.1 Å². The molecule has 0 saturated heterocycles. The molecular weight excluding hydrogens is 345 g/mol. The van der Waals surface area contributed by atoms with Crippen LogP contribution in [0.2, 0.25) is 0 Å². The molecule has 0 bridgehead atoms. The minimum Gasteiger partial charge on any atom is -0.235 e. The summed E-state index contributed by atoms with van der Waals surface area (Å²) >= 11 is 0. The second-order valence-corrected chi connectivity index (χ2v) is 8.06. The molecular formula is C24H29F3. The Balaban J connectivity index is 1.73. The van der Waals surface area contributed by atoms with Crippen molar-refractivity contribution in [3.05, 3.63) is 70.8 Å². The maximum atomic E-state index is 14.7. The van der Waals surface area contributed by atoms with Crippen molar-refractivity contribution < 1.29 is 13.2 Å². The third kappa shape index (κ3) is 4.56. The first-order valence-corrected chi connectivity index (χ1v) is 10.1. The fourth-order valence-electron chi connectivity index (χ4n) is 4.07. The van der Waals surface area contributed by atoms with Gasteiger partial charge in [-0.2, -0.15) is 8.78 Å². The molecule has 1 atom stereocenters. The highest BCUT2D eigenvalue weighted by Crippen LogP contribution is 2.44. The van der Waals surface area contributed by atoms with E-state index in [0.717, 1.165) is 42.7 Å². The van der Waals surface area contributed by atoms with Crippen molar-refractivity contribution in [2.24, 2.45) is 5.92 Å². The van der Waals surface area contributed by atoms with Crippen LogP contribution in [0.5, 0.6) is 0 Å². The molecule has 0 amide bonds. The van der Waals surface area contributed by atoms with E-state index in [1.807, 2.05) is 0 Å². The SMILES string of the molecule is CCCc1ccc(C(F)C(F)(F)c2ccc(C3CCC(C)CC3)cc2)cc1. The summed E-state index contributed by atoms with van der Waals surface area (Å²) in [5.41, 5.74) is 1.93. The summed E-state index contributed by atoms with van der Waals surface area (Å²) in [6.45, 7) is 4.31. The van der Waals surface area contributed by atoms with Gasteiger partial charge in [-0.05, 0) is 47.8 Å². The van der Waals surface area contributed by atoms with Gasteiger partial charge in [-0.15, -0.1) is 0 Å². The highest BCUT2D eigenvalue weighted by atomic mass is 19.3. The van der Waals surface area contributed by atoms with Crippen LogP contribution in [0.25, 0.3) is 0 Å². The fourth-order valence-corrected chi connectivity index (χ4v) is 4.07. The highest BCUT2D eigenvalue weighted by Gasteiger charge is 2.43. The van der Waals surface area contributed by atoms with Gasteiger partial charge in [0.25, 0.3) is 0 Å². The maximum absolute atomic E-state index is 14.7. The summed E-state index contributed by atoms with van der Waals surface area (Å²) in [7, 11) is 0. The topological polar surface area (TPSA) is 0 Å². The quantitative estimate of drug-likeness (QED) is 0.485. The van der Waals surface area contributed by atoms with Crippen LogP contribution in [-0.4, -0.2) is 0 Å². The van der Waals surface area contributed by atoms with Crippen LogP contribution >= 0.6 is 0 Å². The molecule has 146 valence electrons. The van der Waals surface area contributed by atoms with Gasteiger partial charge >= 0.3 is 5.92 Å². The van der Waals surface area contributed by atoms with Crippen molar-refractivity contribution in [3.8, 4) is 0 Å². The minimum absolute atomic E-state index is 0.0326. The molecule has 3 rings (SSSR count). The lowest BCUT2D eigenvalue weighted by Crippen LogP contribution is -2.21. The highest BCUT2D eigenvalue weighted by molar-refractivity contribution is 5.32. The van der Waals surface area contributed by atoms with Gasteiger partial charge in [0.1, 0.15) is 0 Å². The van der Waals surface area contributed by atoms with E-state index in [9.17, 15) is 13.2 Å². The lowest BCUT2D eigenvalue weighted by atomic mass is 9.79. The van der Waals surface area contributed by atoms with Gasteiger partial charge in [0.15, 0.2) is 6.17 Å². The van der Waals surface area contributed by atoms with E-state index < -0.39 is 12.1 Å². The Morgan fingerprint density at radius 1 is 0.926 bits per heavy atom. The molecule has 1 saturated carbocycles. The first kappa shape index (κ1) is 20.0. The third-order valence-electron chi connectivity index (χ3n) is 5.91. The third-order valence-corrected chi connectivity index (χ3v) is 5.91. The molecule has 0 nitrogen and oxygen atoms in total. The van der Waals surface area contributed by atoms with E-state index in [-0.39, 0.29) is 11.1 Å². The average molecular weight is 374 g/mol. The molecule has 0 radical (unpaired) electrons. The number of alkyl halides is 3. The molecule has 0 aromatic heterocycles. The fraction of sp³-hybridized carbons (Fsp3) is 0.500. The van der Waals surface area contributed by atoms with Crippen LogP contribution in [0.1, 0.15) is 80.3 Å². The second kappa shape index (κ2) is 8.50. The normalized spacial score (nSPS) is 21.8. The number of hydrogen-bond acceptors (Lipinski definition) is 0. The number of hydrogen-bond donors (Lipinski definition) is 0. The van der Waals surface area contributed by atoms with Crippen LogP contribution in [0, 0.1) is 5.92 Å². The lowest BCUT2D eigenvalue weighted by Gasteiger charge is -2.27. The van der Waals surface area contributed by atoms with E-state index in [1.54, 1.807) is 24.3 Å². The predicted molar refractivity (Wildman–Crippen MR) is 105 cm³/mol. The monoisotopic (exact) mass is 374 g/mol. The van der Waals surface area contributed by atoms with Gasteiger partial charge in [-0.3, -0.25) is 0 Å². The van der Waals surface area contributed by atoms with E-state index in [0.29, 0.717) is 5.92 Å². The van der Waals surface area contributed by atoms with Crippen molar-refractivity contribution in [2.45, 2.75) is 70.4 Å². The Bertz CT molecular complexity index is 710. The summed E-state index contributed by atoms with van der Waals surface area (Å²) in [5, 5.41) is 0. The summed E-state index contributed by atoms with van der Waals surface area (Å²) < 4.78 is 44.1. The molecule has 2 aromatic rings. The van der Waals surface area contributed by atoms with Crippen molar-refractivity contribution >= 4 is 0 Å². The van der Waals surface area contributed by atoms with Crippen molar-refractivity contribution in [3.63, 3.8) is 0 Å². The van der Waals surface area contributed by atoms with E-state index in [4.69, 9.17) is 0 Å². The molecule has 1 aliphatic carbocycles. The Labute approximate surface area is 160 Å². The van der Waals surface area contributed by atoms with Crippen LogP contribution < -0.4 is 0 Å². The Hall–Kier alpha value is -1.77. The number of aryl methyl sites for hydroxylation is 1. The Morgan fingerprint density at radius 3 is 2.07 bits per heavy atom. The van der Waals surface area contributed by atoms with Crippen LogP contribution in [0.3, 0.4) is 0 Å². The zero-order valence-electron chi connectivity index (χ0n) is 16.2. The zero-order chi connectivity index (χ0) is 19.4. The number of benzene rings is 2. The Kier molecular flexibility index (Phi) is 6.29. The molecule has 27 heavy (non-hydrogen) atoms. The van der Waals surface area contributed by atoms with Crippen molar-refractivity contribution in [1.82, 2.24) is 0 Å². The number of rotatable bonds is 6. The molecule has 1 fully saturated rings. The van der Waals surface area contributed by atoms with Gasteiger partial charge in [0, 0.05) is 5.56 Å². The summed E-state index contributed by atoms with van der Waals surface area (Å²) in [6, 6.07) is 12.8. The molecule has 0 heterocycles. The molecule has 2 aromatic carbocycles. The van der Waals surface area contributed by atoms with Crippen LogP contribution in [0.15, 0.2) is 48.5 Å². The number of halogens is 3. The minimum atomic E-state index is -3.54. The first-order chi connectivity index (χ1) is 12.9. The summed E-state index contributed by atoms with van der Waals surface area (Å²) in [5.74, 6) is -2.34. The maximum Gasteiger partial charge on any atom is 0.307 e. The smallest absolute Gasteiger partial charge is 0.235 e. The zero-order valence-corrected chi connectivity index (χ0v) is 16.2. The van der Waals surface area contributed by atoms with Gasteiger partial charge in [0.2, 0.25) is 0 Å². The molecule has 0 N–H and O–H groups in total. The van der Waals surface area contributed by atoms with Gasteiger partial charge in [-0.25, -0.2) is 4.39 Å². The summed E-state index contributed by atoms with van der Waals surface area (Å²) in [6.07, 6.45) is 4.08. The van der Waals surface area contributed by atoms with Gasteiger partial charge in [-0.1, -0.05) is 81.6 Å². The molecule has 1 unspecified atom stereocenters. The molecule has 1 aliphatic rings. The first-order valence-electron chi connectivity index (χ1n) is 10.1. The lowest BCUT2D eigenvalue weighted by molar-refractivity contribution is -0.0809. The van der Waals surface area contributed by atoms with Crippen LogP contribution in [0.4, 0.5) is 13.2 Å². The largest absolute Gasteiger partial charge is 0.307 e. The van der Waals surface area contributed by atoms with E-state index in [2.05, 4.69) is 13.8 Å². The Morgan fingerprint density at radius 2 is 1.52 bits per heavy atom. The predicted octanol–water partition coefficient (Wildman–Crippen LogP) is 7.74. The van der Waals surface area contributed by atoms with Crippen molar-refractivity contribution in [1.29, 1.82) is 0 Å². The molecule has 0 spiro atoms. The second-order valence-electron chi connectivity index (χ2n) is 8.06.